The van der Waals surface area contributed by atoms with E-state index in [-0.39, 0.29) is 27.9 Å². The predicted molar refractivity (Wildman–Crippen MR) is 74.7 cm³/mol. The number of hydrogen-bond donors (Lipinski definition) is 1. The molecule has 3 heterocycles. The van der Waals surface area contributed by atoms with E-state index in [0.29, 0.717) is 6.20 Å². The molecule has 23 heavy (non-hydrogen) atoms. The van der Waals surface area contributed by atoms with Crippen molar-refractivity contribution < 1.29 is 18.3 Å². The van der Waals surface area contributed by atoms with E-state index in [1.807, 2.05) is 0 Å². The number of fused-ring (bicyclic) bond motifs is 1. The average Bonchev–Trinajstić information content (AvgIpc) is 2.93. The Morgan fingerprint density at radius 1 is 1.26 bits per heavy atom. The highest BCUT2D eigenvalue weighted by Gasteiger charge is 2.32. The van der Waals surface area contributed by atoms with Gasteiger partial charge >= 0.3 is 6.18 Å². The number of alkyl halides is 3. The smallest absolute Gasteiger partial charge is 0.387 e. The first kappa shape index (κ1) is 15.6. The van der Waals surface area contributed by atoms with Gasteiger partial charge in [0.25, 0.3) is 5.78 Å². The number of aromatic nitrogens is 5. The highest BCUT2D eigenvalue weighted by atomic mass is 35.5. The van der Waals surface area contributed by atoms with E-state index >= 15 is 0 Å². The van der Waals surface area contributed by atoms with E-state index in [1.165, 1.54) is 23.8 Å². The molecule has 1 N–H and O–H groups in total. The maximum absolute atomic E-state index is 12.7. The third kappa shape index (κ3) is 2.84. The van der Waals surface area contributed by atoms with Gasteiger partial charge in [0.15, 0.2) is 0 Å². The molecule has 0 amide bonds. The van der Waals surface area contributed by atoms with Crippen LogP contribution >= 0.6 is 11.6 Å². The zero-order valence-corrected chi connectivity index (χ0v) is 12.3. The summed E-state index contributed by atoms with van der Waals surface area (Å²) < 4.78 is 39.4. The molecule has 0 fully saturated rings. The maximum Gasteiger partial charge on any atom is 0.417 e. The van der Waals surface area contributed by atoms with Crippen molar-refractivity contribution in [3.05, 3.63) is 40.9 Å². The predicted octanol–water partition coefficient (Wildman–Crippen LogP) is 2.91. The van der Waals surface area contributed by atoms with Gasteiger partial charge in [-0.2, -0.15) is 27.8 Å². The molecule has 1 unspecified atom stereocenters. The van der Waals surface area contributed by atoms with Gasteiger partial charge in [0.1, 0.15) is 12.0 Å². The first-order valence-electron chi connectivity index (χ1n) is 6.39. The zero-order chi connectivity index (χ0) is 16.8. The fourth-order valence-corrected chi connectivity index (χ4v) is 2.26. The molecule has 10 heteroatoms. The molecule has 1 atom stereocenters. The van der Waals surface area contributed by atoms with Crippen molar-refractivity contribution in [3.8, 4) is 11.4 Å². The van der Waals surface area contributed by atoms with Gasteiger partial charge in [0, 0.05) is 6.20 Å². The van der Waals surface area contributed by atoms with Crippen LogP contribution in [0.5, 0.6) is 0 Å². The molecule has 120 valence electrons. The minimum atomic E-state index is -4.54. The first-order chi connectivity index (χ1) is 10.8. The van der Waals surface area contributed by atoms with Crippen molar-refractivity contribution in [1.29, 1.82) is 0 Å². The summed E-state index contributed by atoms with van der Waals surface area (Å²) in [6, 6.07) is 2.24. The number of halogens is 4. The molecule has 0 aliphatic rings. The second kappa shape index (κ2) is 5.43. The summed E-state index contributed by atoms with van der Waals surface area (Å²) in [7, 11) is 0. The lowest BCUT2D eigenvalue weighted by molar-refractivity contribution is -0.137. The average molecular weight is 344 g/mol. The fraction of sp³-hybridized carbons (Fsp3) is 0.231. The van der Waals surface area contributed by atoms with Crippen LogP contribution in [0.25, 0.3) is 17.2 Å². The molecule has 6 nitrogen and oxygen atoms in total. The number of aliphatic hydroxyl groups excluding tert-OH is 1. The van der Waals surface area contributed by atoms with Gasteiger partial charge in [-0.15, -0.1) is 0 Å². The number of rotatable bonds is 2. The lowest BCUT2D eigenvalue weighted by Crippen LogP contribution is -2.08. The molecule has 0 bridgehead atoms. The van der Waals surface area contributed by atoms with Crippen molar-refractivity contribution in [2.24, 2.45) is 0 Å². The highest BCUT2D eigenvalue weighted by molar-refractivity contribution is 6.33. The van der Waals surface area contributed by atoms with E-state index in [4.69, 9.17) is 11.6 Å². The lowest BCUT2D eigenvalue weighted by atomic mass is 10.1. The Morgan fingerprint density at radius 3 is 2.61 bits per heavy atom. The van der Waals surface area contributed by atoms with Crippen molar-refractivity contribution in [3.63, 3.8) is 0 Å². The van der Waals surface area contributed by atoms with Crippen LogP contribution in [0.3, 0.4) is 0 Å². The van der Waals surface area contributed by atoms with Gasteiger partial charge in [-0.05, 0) is 19.1 Å². The van der Waals surface area contributed by atoms with Crippen LogP contribution in [-0.4, -0.2) is 29.7 Å². The number of hydrogen-bond acceptors (Lipinski definition) is 5. The number of nitrogens with zero attached hydrogens (tertiary/aromatic N) is 5. The van der Waals surface area contributed by atoms with E-state index < -0.39 is 17.8 Å². The Labute approximate surface area is 132 Å². The second-order valence-electron chi connectivity index (χ2n) is 4.77. The Hall–Kier alpha value is -2.26. The Morgan fingerprint density at radius 2 is 2.00 bits per heavy atom. The highest BCUT2D eigenvalue weighted by Crippen LogP contribution is 2.34. The standard InChI is InChI=1S/C13H9ClF3N5O/c1-6(23)9-3-10(22-12(21-9)19-5-20-22)11-8(14)2-7(4-18-11)13(15,16)17/h2-6,23H,1H3. The largest absolute Gasteiger partial charge is 0.417 e. The van der Waals surface area contributed by atoms with E-state index in [0.717, 1.165) is 6.07 Å². The summed E-state index contributed by atoms with van der Waals surface area (Å²) >= 11 is 5.96. The molecular formula is C13H9ClF3N5O. The number of pyridine rings is 1. The summed E-state index contributed by atoms with van der Waals surface area (Å²) in [5.74, 6) is 0.177. The molecule has 0 spiro atoms. The topological polar surface area (TPSA) is 76.2 Å². The van der Waals surface area contributed by atoms with Gasteiger partial charge in [0.2, 0.25) is 0 Å². The molecule has 0 aromatic carbocycles. The molecule has 0 aliphatic carbocycles. The van der Waals surface area contributed by atoms with Crippen LogP contribution in [0.1, 0.15) is 24.3 Å². The van der Waals surface area contributed by atoms with Gasteiger partial charge < -0.3 is 5.11 Å². The van der Waals surface area contributed by atoms with Crippen molar-refractivity contribution >= 4 is 17.4 Å². The molecule has 0 aliphatic heterocycles. The molecule has 3 aromatic heterocycles. The Bertz CT molecular complexity index is 878. The van der Waals surface area contributed by atoms with Crippen LogP contribution in [0.15, 0.2) is 24.7 Å². The van der Waals surface area contributed by atoms with Crippen molar-refractivity contribution in [2.75, 3.05) is 0 Å². The SMILES string of the molecule is CC(O)c1cc(-c2ncc(C(F)(F)F)cc2Cl)n2ncnc2n1. The van der Waals surface area contributed by atoms with E-state index in [1.54, 1.807) is 0 Å². The summed E-state index contributed by atoms with van der Waals surface area (Å²) in [6.45, 7) is 1.50. The van der Waals surface area contributed by atoms with Crippen LogP contribution in [0.2, 0.25) is 5.02 Å². The summed E-state index contributed by atoms with van der Waals surface area (Å²) in [5, 5.41) is 13.4. The van der Waals surface area contributed by atoms with Crippen LogP contribution in [0.4, 0.5) is 13.2 Å². The van der Waals surface area contributed by atoms with Gasteiger partial charge in [0.05, 0.1) is 28.1 Å². The second-order valence-corrected chi connectivity index (χ2v) is 5.17. The fourth-order valence-electron chi connectivity index (χ4n) is 1.99. The molecule has 0 saturated heterocycles. The molecule has 3 aromatic rings. The summed E-state index contributed by atoms with van der Waals surface area (Å²) in [4.78, 5) is 11.8. The molecular weight excluding hydrogens is 335 g/mol. The summed E-state index contributed by atoms with van der Waals surface area (Å²) in [5.41, 5.74) is -0.314. The van der Waals surface area contributed by atoms with Crippen LogP contribution in [0, 0.1) is 0 Å². The molecule has 3 rings (SSSR count). The van der Waals surface area contributed by atoms with E-state index in [2.05, 4.69) is 20.1 Å². The lowest BCUT2D eigenvalue weighted by Gasteiger charge is -2.11. The van der Waals surface area contributed by atoms with Gasteiger partial charge in [-0.3, -0.25) is 4.98 Å². The number of aliphatic hydroxyl groups is 1. The third-order valence-corrected chi connectivity index (χ3v) is 3.40. The molecule has 0 saturated carbocycles. The Kier molecular flexibility index (Phi) is 3.69. The van der Waals surface area contributed by atoms with Gasteiger partial charge in [-0.25, -0.2) is 4.98 Å². The van der Waals surface area contributed by atoms with Crippen molar-refractivity contribution in [2.45, 2.75) is 19.2 Å². The minimum absolute atomic E-state index is 0.0828. The minimum Gasteiger partial charge on any atom is -0.387 e. The summed E-state index contributed by atoms with van der Waals surface area (Å²) in [6.07, 6.45) is -3.52. The van der Waals surface area contributed by atoms with E-state index in [9.17, 15) is 18.3 Å². The zero-order valence-electron chi connectivity index (χ0n) is 11.6. The first-order valence-corrected chi connectivity index (χ1v) is 6.77. The van der Waals surface area contributed by atoms with Gasteiger partial charge in [-0.1, -0.05) is 11.6 Å². The monoisotopic (exact) mass is 343 g/mol. The van der Waals surface area contributed by atoms with Crippen molar-refractivity contribution in [1.82, 2.24) is 24.6 Å². The maximum atomic E-state index is 12.7. The molecule has 0 radical (unpaired) electrons. The normalized spacial score (nSPS) is 13.5. The van der Waals surface area contributed by atoms with Crippen LogP contribution in [-0.2, 0) is 6.18 Å². The third-order valence-electron chi connectivity index (χ3n) is 3.11. The Balaban J connectivity index is 2.22. The quantitative estimate of drug-likeness (QED) is 0.774. The van der Waals surface area contributed by atoms with Crippen LogP contribution < -0.4 is 0 Å².